The summed E-state index contributed by atoms with van der Waals surface area (Å²) in [6, 6.07) is 7.09. The molecule has 100 valence electrons. The van der Waals surface area contributed by atoms with Gasteiger partial charge in [0.2, 0.25) is 0 Å². The van der Waals surface area contributed by atoms with E-state index in [0.717, 1.165) is 22.2 Å². The standard InChI is InChI=1S/C16H13NO3/c1-9-3-4-12-13(16(18)19)7-14(11-5-6-20-8-11)17-15(12)10(9)2/h3-8H,1-2H3,(H,18,19). The van der Waals surface area contributed by atoms with Gasteiger partial charge in [0.15, 0.2) is 0 Å². The first-order chi connectivity index (χ1) is 9.58. The Morgan fingerprint density at radius 2 is 2.05 bits per heavy atom. The Morgan fingerprint density at radius 3 is 2.70 bits per heavy atom. The fourth-order valence-electron chi connectivity index (χ4n) is 2.26. The summed E-state index contributed by atoms with van der Waals surface area (Å²) in [5, 5.41) is 10.1. The Kier molecular flexibility index (Phi) is 2.79. The second kappa shape index (κ2) is 4.49. The molecule has 2 heterocycles. The van der Waals surface area contributed by atoms with Crippen molar-refractivity contribution in [3.63, 3.8) is 0 Å². The molecular formula is C16H13NO3. The summed E-state index contributed by atoms with van der Waals surface area (Å²) in [4.78, 5) is 16.1. The lowest BCUT2D eigenvalue weighted by molar-refractivity contribution is 0.0699. The van der Waals surface area contributed by atoms with Gasteiger partial charge in [-0.2, -0.15) is 0 Å². The minimum absolute atomic E-state index is 0.259. The highest BCUT2D eigenvalue weighted by Crippen LogP contribution is 2.28. The van der Waals surface area contributed by atoms with E-state index in [0.29, 0.717) is 11.1 Å². The van der Waals surface area contributed by atoms with E-state index < -0.39 is 5.97 Å². The summed E-state index contributed by atoms with van der Waals surface area (Å²) >= 11 is 0. The van der Waals surface area contributed by atoms with Gasteiger partial charge in [-0.05, 0) is 37.1 Å². The SMILES string of the molecule is Cc1ccc2c(C(=O)O)cc(-c3ccoc3)nc2c1C. The number of aromatic carboxylic acids is 1. The number of carboxylic acid groups (broad SMARTS) is 1. The first-order valence-corrected chi connectivity index (χ1v) is 6.25. The Labute approximate surface area is 115 Å². The van der Waals surface area contributed by atoms with Crippen LogP contribution >= 0.6 is 0 Å². The van der Waals surface area contributed by atoms with E-state index in [1.165, 1.54) is 0 Å². The number of fused-ring (bicyclic) bond motifs is 1. The molecule has 0 unspecified atom stereocenters. The third-order valence-electron chi connectivity index (χ3n) is 3.55. The predicted octanol–water partition coefficient (Wildman–Crippen LogP) is 3.81. The highest BCUT2D eigenvalue weighted by atomic mass is 16.4. The first-order valence-electron chi connectivity index (χ1n) is 6.25. The Morgan fingerprint density at radius 1 is 1.25 bits per heavy atom. The van der Waals surface area contributed by atoms with Gasteiger partial charge in [-0.1, -0.05) is 12.1 Å². The zero-order valence-corrected chi connectivity index (χ0v) is 11.2. The summed E-state index contributed by atoms with van der Waals surface area (Å²) < 4.78 is 5.05. The van der Waals surface area contributed by atoms with Crippen molar-refractivity contribution in [1.82, 2.24) is 4.98 Å². The Balaban J connectivity index is 2.41. The Bertz CT molecular complexity index is 804. The molecule has 0 aliphatic heterocycles. The molecule has 2 aromatic heterocycles. The van der Waals surface area contributed by atoms with Crippen LogP contribution in [0, 0.1) is 13.8 Å². The molecule has 0 saturated carbocycles. The fourth-order valence-corrected chi connectivity index (χ4v) is 2.26. The van der Waals surface area contributed by atoms with Gasteiger partial charge in [0, 0.05) is 10.9 Å². The van der Waals surface area contributed by atoms with Crippen molar-refractivity contribution >= 4 is 16.9 Å². The number of aromatic nitrogens is 1. The molecule has 0 atom stereocenters. The van der Waals surface area contributed by atoms with Gasteiger partial charge < -0.3 is 9.52 Å². The van der Waals surface area contributed by atoms with Gasteiger partial charge in [-0.25, -0.2) is 9.78 Å². The molecule has 1 N–H and O–H groups in total. The molecular weight excluding hydrogens is 254 g/mol. The highest BCUT2D eigenvalue weighted by molar-refractivity contribution is 6.04. The number of carboxylic acids is 1. The third kappa shape index (κ3) is 1.86. The number of carbonyl (C=O) groups is 1. The average Bonchev–Trinajstić information content (AvgIpc) is 2.96. The maximum absolute atomic E-state index is 11.5. The zero-order valence-electron chi connectivity index (χ0n) is 11.2. The van der Waals surface area contributed by atoms with Crippen LogP contribution < -0.4 is 0 Å². The van der Waals surface area contributed by atoms with Crippen LogP contribution in [0.25, 0.3) is 22.2 Å². The van der Waals surface area contributed by atoms with Gasteiger partial charge in [0.1, 0.15) is 0 Å². The largest absolute Gasteiger partial charge is 0.478 e. The number of rotatable bonds is 2. The maximum Gasteiger partial charge on any atom is 0.336 e. The third-order valence-corrected chi connectivity index (χ3v) is 3.55. The summed E-state index contributed by atoms with van der Waals surface area (Å²) in [5.41, 5.74) is 4.45. The molecule has 0 fully saturated rings. The molecule has 1 aromatic carbocycles. The first kappa shape index (κ1) is 12.4. The zero-order chi connectivity index (χ0) is 14.3. The number of benzene rings is 1. The number of hydrogen-bond acceptors (Lipinski definition) is 3. The van der Waals surface area contributed by atoms with E-state index in [2.05, 4.69) is 4.98 Å². The topological polar surface area (TPSA) is 63.3 Å². The number of furan rings is 1. The Hall–Kier alpha value is -2.62. The second-order valence-corrected chi connectivity index (χ2v) is 4.78. The van der Waals surface area contributed by atoms with E-state index in [-0.39, 0.29) is 5.56 Å². The number of nitrogens with zero attached hydrogens (tertiary/aromatic N) is 1. The highest BCUT2D eigenvalue weighted by Gasteiger charge is 2.15. The van der Waals surface area contributed by atoms with Gasteiger partial charge in [-0.15, -0.1) is 0 Å². The van der Waals surface area contributed by atoms with Crippen LogP contribution in [-0.2, 0) is 0 Å². The molecule has 0 bridgehead atoms. The van der Waals surface area contributed by atoms with Crippen molar-refractivity contribution in [3.05, 3.63) is 53.5 Å². The monoisotopic (exact) mass is 267 g/mol. The van der Waals surface area contributed by atoms with Crippen LogP contribution in [0.4, 0.5) is 0 Å². The van der Waals surface area contributed by atoms with Crippen LogP contribution in [0.1, 0.15) is 21.5 Å². The van der Waals surface area contributed by atoms with Crippen LogP contribution in [-0.4, -0.2) is 16.1 Å². The summed E-state index contributed by atoms with van der Waals surface area (Å²) in [5.74, 6) is -0.953. The fraction of sp³-hybridized carbons (Fsp3) is 0.125. The van der Waals surface area contributed by atoms with Crippen molar-refractivity contribution in [2.45, 2.75) is 13.8 Å². The normalized spacial score (nSPS) is 10.9. The average molecular weight is 267 g/mol. The molecule has 0 radical (unpaired) electrons. The minimum atomic E-state index is -0.953. The lowest BCUT2D eigenvalue weighted by atomic mass is 10.00. The van der Waals surface area contributed by atoms with Gasteiger partial charge in [-0.3, -0.25) is 0 Å². The van der Waals surface area contributed by atoms with Crippen molar-refractivity contribution in [1.29, 1.82) is 0 Å². The number of aryl methyl sites for hydroxylation is 2. The van der Waals surface area contributed by atoms with E-state index in [1.54, 1.807) is 24.7 Å². The van der Waals surface area contributed by atoms with E-state index in [1.807, 2.05) is 26.0 Å². The van der Waals surface area contributed by atoms with E-state index in [9.17, 15) is 9.90 Å². The van der Waals surface area contributed by atoms with Crippen molar-refractivity contribution in [2.24, 2.45) is 0 Å². The lowest BCUT2D eigenvalue weighted by Gasteiger charge is -2.09. The van der Waals surface area contributed by atoms with Gasteiger partial charge >= 0.3 is 5.97 Å². The molecule has 0 saturated heterocycles. The molecule has 0 aliphatic carbocycles. The van der Waals surface area contributed by atoms with Crippen LogP contribution in [0.15, 0.2) is 41.2 Å². The molecule has 0 amide bonds. The number of hydrogen-bond donors (Lipinski definition) is 1. The minimum Gasteiger partial charge on any atom is -0.478 e. The van der Waals surface area contributed by atoms with Crippen molar-refractivity contribution in [2.75, 3.05) is 0 Å². The van der Waals surface area contributed by atoms with E-state index in [4.69, 9.17) is 4.42 Å². The molecule has 3 rings (SSSR count). The van der Waals surface area contributed by atoms with Crippen molar-refractivity contribution < 1.29 is 14.3 Å². The molecule has 20 heavy (non-hydrogen) atoms. The smallest absolute Gasteiger partial charge is 0.336 e. The quantitative estimate of drug-likeness (QED) is 0.766. The summed E-state index contributed by atoms with van der Waals surface area (Å²) in [6.45, 7) is 3.94. The summed E-state index contributed by atoms with van der Waals surface area (Å²) in [6.07, 6.45) is 3.11. The van der Waals surface area contributed by atoms with Crippen LogP contribution in [0.3, 0.4) is 0 Å². The molecule has 4 nitrogen and oxygen atoms in total. The maximum atomic E-state index is 11.5. The molecule has 4 heteroatoms. The van der Waals surface area contributed by atoms with E-state index >= 15 is 0 Å². The predicted molar refractivity (Wildman–Crippen MR) is 75.9 cm³/mol. The van der Waals surface area contributed by atoms with Crippen molar-refractivity contribution in [3.8, 4) is 11.3 Å². The van der Waals surface area contributed by atoms with Crippen LogP contribution in [0.2, 0.25) is 0 Å². The molecule has 3 aromatic rings. The molecule has 0 aliphatic rings. The second-order valence-electron chi connectivity index (χ2n) is 4.78. The number of pyridine rings is 1. The molecule has 0 spiro atoms. The van der Waals surface area contributed by atoms with Gasteiger partial charge in [0.05, 0.1) is 29.3 Å². The van der Waals surface area contributed by atoms with Gasteiger partial charge in [0.25, 0.3) is 0 Å². The van der Waals surface area contributed by atoms with Crippen LogP contribution in [0.5, 0.6) is 0 Å². The lowest BCUT2D eigenvalue weighted by Crippen LogP contribution is -2.01. The summed E-state index contributed by atoms with van der Waals surface area (Å²) in [7, 11) is 0.